The van der Waals surface area contributed by atoms with Crippen LogP contribution in [0.15, 0.2) is 0 Å². The second-order valence-electron chi connectivity index (χ2n) is 2.99. The van der Waals surface area contributed by atoms with Crippen LogP contribution in [0.2, 0.25) is 5.79 Å². The Hall–Kier alpha value is -0.528. The van der Waals surface area contributed by atoms with Gasteiger partial charge in [-0.3, -0.25) is 9.59 Å². The van der Waals surface area contributed by atoms with Crippen LogP contribution >= 0.6 is 0 Å². The molecule has 0 bridgehead atoms. The minimum absolute atomic E-state index is 0.231. The molecule has 0 saturated heterocycles. The first-order chi connectivity index (χ1) is 6.29. The van der Waals surface area contributed by atoms with E-state index in [4.69, 9.17) is 10.2 Å². The molecule has 0 aromatic rings. The monoisotopic (exact) mass is 218 g/mol. The van der Waals surface area contributed by atoms with Gasteiger partial charge in [0.05, 0.1) is 11.8 Å². The molecule has 82 valence electrons. The molecule has 0 atom stereocenters. The van der Waals surface area contributed by atoms with E-state index in [2.05, 4.69) is 16.3 Å². The van der Waals surface area contributed by atoms with E-state index in [0.717, 1.165) is 0 Å². The average Bonchev–Trinajstić information content (AvgIpc) is 2.08. The van der Waals surface area contributed by atoms with Gasteiger partial charge in [-0.15, -0.1) is 5.79 Å². The van der Waals surface area contributed by atoms with Crippen molar-refractivity contribution in [2.24, 2.45) is 11.8 Å². The van der Waals surface area contributed by atoms with E-state index >= 15 is 0 Å². The first-order valence-electron chi connectivity index (χ1n) is 4.32. The number of hydrogen-bond donors (Lipinski definition) is 2. The lowest BCUT2D eigenvalue weighted by Crippen LogP contribution is -2.03. The van der Waals surface area contributed by atoms with Crippen LogP contribution in [-0.4, -0.2) is 38.4 Å². The van der Waals surface area contributed by atoms with Crippen molar-refractivity contribution < 1.29 is 19.8 Å². The summed E-state index contributed by atoms with van der Waals surface area (Å²) in [6.07, 6.45) is 0. The van der Waals surface area contributed by atoms with E-state index in [1.165, 1.54) is 0 Å². The van der Waals surface area contributed by atoms with Crippen molar-refractivity contribution >= 4 is 28.2 Å². The third kappa shape index (κ3) is 22.5. The normalized spacial score (nSPS) is 8.21. The van der Waals surface area contributed by atoms with Crippen LogP contribution in [0.3, 0.4) is 0 Å². The fourth-order valence-electron chi connectivity index (χ4n) is 0. The van der Waals surface area contributed by atoms with Crippen molar-refractivity contribution in [3.05, 3.63) is 0 Å². The van der Waals surface area contributed by atoms with E-state index in [1.54, 1.807) is 27.7 Å². The summed E-state index contributed by atoms with van der Waals surface area (Å²) in [5, 5.41) is 16.0. The molecule has 2 radical (unpaired) electrons. The highest BCUT2D eigenvalue weighted by atomic mass is 27.0. The Bertz CT molecular complexity index is 137. The highest BCUT2D eigenvalue weighted by Crippen LogP contribution is 1.87. The molecule has 0 aliphatic heterocycles. The summed E-state index contributed by atoms with van der Waals surface area (Å²) in [4.78, 5) is 19.4. The van der Waals surface area contributed by atoms with Gasteiger partial charge in [-0.1, -0.05) is 27.7 Å². The van der Waals surface area contributed by atoms with E-state index in [9.17, 15) is 9.59 Å². The average molecular weight is 218 g/mol. The van der Waals surface area contributed by atoms with E-state index in [0.29, 0.717) is 0 Å². The molecule has 0 saturated carbocycles. The predicted octanol–water partition coefficient (Wildman–Crippen LogP) is 1.66. The van der Waals surface area contributed by atoms with Crippen LogP contribution in [-0.2, 0) is 9.59 Å². The zero-order chi connectivity index (χ0) is 12.3. The topological polar surface area (TPSA) is 74.6 Å². The zero-order valence-electron chi connectivity index (χ0n) is 9.44. The van der Waals surface area contributed by atoms with Crippen LogP contribution < -0.4 is 0 Å². The molecule has 0 fully saturated rings. The molecular weight excluding hydrogens is 199 g/mol. The zero-order valence-corrected chi connectivity index (χ0v) is 10.6. The molecule has 0 heterocycles. The molecule has 0 spiro atoms. The first-order valence-corrected chi connectivity index (χ1v) is 5.47. The van der Waals surface area contributed by atoms with E-state index < -0.39 is 11.9 Å². The Morgan fingerprint density at radius 2 is 0.929 bits per heavy atom. The summed E-state index contributed by atoms with van der Waals surface area (Å²) in [7, 11) is 0. The molecule has 2 N–H and O–H groups in total. The first kappa shape index (κ1) is 19.1. The second-order valence-corrected chi connectivity index (χ2v) is 2.99. The van der Waals surface area contributed by atoms with Crippen molar-refractivity contribution in [1.82, 2.24) is 0 Å². The molecule has 5 heteroatoms. The molecule has 0 amide bonds. The van der Waals surface area contributed by atoms with E-state index in [1.807, 2.05) is 5.79 Å². The van der Waals surface area contributed by atoms with Crippen LogP contribution in [0.4, 0.5) is 0 Å². The third-order valence-corrected chi connectivity index (χ3v) is 0.988. The summed E-state index contributed by atoms with van der Waals surface area (Å²) in [5.41, 5.74) is 0. The number of hydrogen-bond acceptors (Lipinski definition) is 2. The molecule has 0 unspecified atom stereocenters. The van der Waals surface area contributed by atoms with Gasteiger partial charge in [0.15, 0.2) is 0 Å². The molecule has 0 aromatic heterocycles. The van der Waals surface area contributed by atoms with Gasteiger partial charge in [0.1, 0.15) is 16.3 Å². The lowest BCUT2D eigenvalue weighted by molar-refractivity contribution is -0.141. The van der Waals surface area contributed by atoms with Gasteiger partial charge in [0.25, 0.3) is 0 Å². The lowest BCUT2D eigenvalue weighted by Gasteiger charge is -1.89. The van der Waals surface area contributed by atoms with Gasteiger partial charge in [-0.05, 0) is 0 Å². The quantitative estimate of drug-likeness (QED) is 0.691. The summed E-state index contributed by atoms with van der Waals surface area (Å²) in [5.74, 6) is -0.0278. The molecule has 0 aliphatic carbocycles. The van der Waals surface area contributed by atoms with Crippen molar-refractivity contribution in [3.63, 3.8) is 0 Å². The summed E-state index contributed by atoms with van der Waals surface area (Å²) in [6.45, 7) is 6.56. The van der Waals surface area contributed by atoms with Gasteiger partial charge in [0.2, 0.25) is 0 Å². The minimum atomic E-state index is -0.741. The van der Waals surface area contributed by atoms with E-state index in [-0.39, 0.29) is 11.8 Å². The summed E-state index contributed by atoms with van der Waals surface area (Å²) >= 11 is 2.42. The summed E-state index contributed by atoms with van der Waals surface area (Å²) in [6, 6.07) is 0. The maximum atomic E-state index is 9.70. The van der Waals surface area contributed by atoms with Crippen molar-refractivity contribution in [3.8, 4) is 0 Å². The number of carboxylic acid groups (broad SMARTS) is 2. The van der Waals surface area contributed by atoms with Gasteiger partial charge in [0, 0.05) is 0 Å². The van der Waals surface area contributed by atoms with Crippen molar-refractivity contribution in [2.45, 2.75) is 33.5 Å². The third-order valence-electron chi connectivity index (χ3n) is 0.988. The fourth-order valence-corrected chi connectivity index (χ4v) is 0. The van der Waals surface area contributed by atoms with Gasteiger partial charge in [-0.25, -0.2) is 0 Å². The number of carbonyl (C=O) groups is 2. The number of rotatable bonds is 2. The standard InChI is InChI=1S/2C4H8O2.CH3.Al/c2*1-3(2)4(5)6;;/h2*3H,1-2H3,(H,5,6);1H3;. The van der Waals surface area contributed by atoms with Crippen molar-refractivity contribution in [2.75, 3.05) is 0 Å². The Labute approximate surface area is 93.7 Å². The Kier molecular flexibility index (Phi) is 17.0. The fraction of sp³-hybridized carbons (Fsp3) is 0.778. The molecule has 4 nitrogen and oxygen atoms in total. The predicted molar refractivity (Wildman–Crippen MR) is 56.6 cm³/mol. The van der Waals surface area contributed by atoms with Crippen LogP contribution in [0.25, 0.3) is 0 Å². The van der Waals surface area contributed by atoms with Crippen LogP contribution in [0.1, 0.15) is 27.7 Å². The SMILES string of the molecule is CC(C)C(=O)O.CC(C)C(=O)O.[CH3][Al]. The number of carboxylic acids is 2. The Morgan fingerprint density at radius 3 is 0.929 bits per heavy atom. The van der Waals surface area contributed by atoms with Crippen LogP contribution in [0, 0.1) is 11.8 Å². The molecule has 0 aromatic carbocycles. The highest BCUT2D eigenvalue weighted by molar-refractivity contribution is 6.05. The second kappa shape index (κ2) is 12.5. The number of aliphatic carboxylic acids is 2. The molecule has 14 heavy (non-hydrogen) atoms. The Balaban J connectivity index is -0.000000147. The largest absolute Gasteiger partial charge is 0.481 e. The minimum Gasteiger partial charge on any atom is -0.481 e. The smallest absolute Gasteiger partial charge is 0.305 e. The summed E-state index contributed by atoms with van der Waals surface area (Å²) < 4.78 is 0. The molecule has 0 rings (SSSR count). The van der Waals surface area contributed by atoms with Crippen LogP contribution in [0.5, 0.6) is 0 Å². The maximum Gasteiger partial charge on any atom is 0.305 e. The van der Waals surface area contributed by atoms with Gasteiger partial charge >= 0.3 is 11.9 Å². The molecule has 0 aliphatic rings. The van der Waals surface area contributed by atoms with Crippen molar-refractivity contribution in [1.29, 1.82) is 0 Å². The van der Waals surface area contributed by atoms with Gasteiger partial charge < -0.3 is 10.2 Å². The maximum absolute atomic E-state index is 9.70. The lowest BCUT2D eigenvalue weighted by atomic mass is 10.2. The van der Waals surface area contributed by atoms with Gasteiger partial charge in [-0.2, -0.15) is 0 Å². The highest BCUT2D eigenvalue weighted by Gasteiger charge is 1.99. The Morgan fingerprint density at radius 1 is 0.857 bits per heavy atom. The molecular formula is C9H19AlO4.